The van der Waals surface area contributed by atoms with E-state index in [1.807, 2.05) is 0 Å². The van der Waals surface area contributed by atoms with Crippen molar-refractivity contribution in [3.63, 3.8) is 0 Å². The van der Waals surface area contributed by atoms with E-state index in [9.17, 15) is 0 Å². The Kier molecular flexibility index (Phi) is 5.30. The van der Waals surface area contributed by atoms with Crippen molar-refractivity contribution < 1.29 is 0 Å². The Morgan fingerprint density at radius 1 is 1.11 bits per heavy atom. The van der Waals surface area contributed by atoms with Gasteiger partial charge in [-0.3, -0.25) is 0 Å². The van der Waals surface area contributed by atoms with Crippen molar-refractivity contribution in [2.75, 3.05) is 20.1 Å². The van der Waals surface area contributed by atoms with Gasteiger partial charge in [0.15, 0.2) is 0 Å². The van der Waals surface area contributed by atoms with Crippen LogP contribution in [0.2, 0.25) is 0 Å². The third kappa shape index (κ3) is 3.72. The zero-order valence-corrected chi connectivity index (χ0v) is 13.5. The highest BCUT2D eigenvalue weighted by atomic mass is 15.1. The van der Waals surface area contributed by atoms with Gasteiger partial charge in [0.2, 0.25) is 0 Å². The summed E-state index contributed by atoms with van der Waals surface area (Å²) < 4.78 is 0. The molecule has 19 heavy (non-hydrogen) atoms. The number of hydrogen-bond donors (Lipinski definition) is 1. The van der Waals surface area contributed by atoms with Gasteiger partial charge in [-0.1, -0.05) is 40.0 Å². The summed E-state index contributed by atoms with van der Waals surface area (Å²) in [7, 11) is 2.37. The Labute approximate surface area is 120 Å². The first-order valence-electron chi connectivity index (χ1n) is 8.48. The first-order valence-corrected chi connectivity index (χ1v) is 8.48. The molecule has 0 aromatic rings. The number of hydrogen-bond acceptors (Lipinski definition) is 2. The lowest BCUT2D eigenvalue weighted by atomic mass is 9.84. The Balaban J connectivity index is 1.90. The number of nitrogens with one attached hydrogen (secondary N) is 1. The average molecular weight is 266 g/mol. The van der Waals surface area contributed by atoms with Crippen LogP contribution < -0.4 is 5.32 Å². The molecule has 0 bridgehead atoms. The highest BCUT2D eigenvalue weighted by molar-refractivity contribution is 4.97. The Bertz CT molecular complexity index is 268. The molecule has 2 heteroatoms. The van der Waals surface area contributed by atoms with Gasteiger partial charge < -0.3 is 10.2 Å². The maximum Gasteiger partial charge on any atom is 0.0159 e. The van der Waals surface area contributed by atoms with E-state index in [-0.39, 0.29) is 0 Å². The van der Waals surface area contributed by atoms with Gasteiger partial charge in [-0.05, 0) is 50.6 Å². The molecule has 2 aliphatic rings. The van der Waals surface area contributed by atoms with Crippen LogP contribution in [0.1, 0.15) is 65.7 Å². The van der Waals surface area contributed by atoms with Gasteiger partial charge in [0, 0.05) is 18.6 Å². The molecule has 2 fully saturated rings. The molecule has 0 radical (unpaired) electrons. The zero-order valence-electron chi connectivity index (χ0n) is 13.5. The molecule has 0 aromatic carbocycles. The van der Waals surface area contributed by atoms with Crippen LogP contribution in [0.25, 0.3) is 0 Å². The van der Waals surface area contributed by atoms with Crippen molar-refractivity contribution in [2.45, 2.75) is 77.8 Å². The Morgan fingerprint density at radius 3 is 2.42 bits per heavy atom. The van der Waals surface area contributed by atoms with Crippen LogP contribution >= 0.6 is 0 Å². The fourth-order valence-corrected chi connectivity index (χ4v) is 4.42. The first-order chi connectivity index (χ1) is 9.04. The van der Waals surface area contributed by atoms with Gasteiger partial charge in [-0.2, -0.15) is 0 Å². The minimum Gasteiger partial charge on any atom is -0.313 e. The topological polar surface area (TPSA) is 15.3 Å². The lowest BCUT2D eigenvalue weighted by Crippen LogP contribution is -2.46. The lowest BCUT2D eigenvalue weighted by Gasteiger charge is -2.37. The number of nitrogens with zero attached hydrogens (tertiary/aromatic N) is 1. The summed E-state index contributed by atoms with van der Waals surface area (Å²) in [5.41, 5.74) is 0.480. The van der Waals surface area contributed by atoms with E-state index < -0.39 is 0 Å². The largest absolute Gasteiger partial charge is 0.313 e. The maximum atomic E-state index is 3.77. The van der Waals surface area contributed by atoms with Crippen molar-refractivity contribution in [3.05, 3.63) is 0 Å². The monoisotopic (exact) mass is 266 g/mol. The van der Waals surface area contributed by atoms with Crippen LogP contribution in [0.4, 0.5) is 0 Å². The highest BCUT2D eigenvalue weighted by Gasteiger charge is 2.41. The number of rotatable bonds is 5. The molecule has 1 N–H and O–H groups in total. The second-order valence-electron chi connectivity index (χ2n) is 7.55. The minimum absolute atomic E-state index is 0.480. The summed E-state index contributed by atoms with van der Waals surface area (Å²) in [6.45, 7) is 9.54. The van der Waals surface area contributed by atoms with Crippen LogP contribution in [-0.4, -0.2) is 37.1 Å². The van der Waals surface area contributed by atoms with Gasteiger partial charge in [0.25, 0.3) is 0 Å². The lowest BCUT2D eigenvalue weighted by molar-refractivity contribution is 0.145. The zero-order chi connectivity index (χ0) is 13.9. The van der Waals surface area contributed by atoms with E-state index >= 15 is 0 Å². The first kappa shape index (κ1) is 15.3. The van der Waals surface area contributed by atoms with E-state index in [1.54, 1.807) is 0 Å². The molecule has 112 valence electrons. The summed E-state index contributed by atoms with van der Waals surface area (Å²) in [5, 5.41) is 3.77. The van der Waals surface area contributed by atoms with E-state index in [4.69, 9.17) is 0 Å². The van der Waals surface area contributed by atoms with Gasteiger partial charge in [0.1, 0.15) is 0 Å². The van der Waals surface area contributed by atoms with Crippen molar-refractivity contribution in [2.24, 2.45) is 11.3 Å². The summed E-state index contributed by atoms with van der Waals surface area (Å²) in [4.78, 5) is 2.68. The molecule has 0 saturated heterocycles. The third-order valence-electron chi connectivity index (χ3n) is 5.62. The standard InChI is InChI=1S/C17H34N2/c1-5-18-16-14(11-12-17(16,2)3)13-19(4)15-9-7-6-8-10-15/h14-16,18H,5-13H2,1-4H3. The Morgan fingerprint density at radius 2 is 1.79 bits per heavy atom. The normalized spacial score (nSPS) is 32.1. The average Bonchev–Trinajstić information content (AvgIpc) is 2.68. The van der Waals surface area contributed by atoms with E-state index in [1.165, 1.54) is 51.5 Å². The molecule has 0 aromatic heterocycles. The molecule has 0 aliphatic heterocycles. The molecule has 0 heterocycles. The summed E-state index contributed by atoms with van der Waals surface area (Å²) in [6.07, 6.45) is 10.00. The Hall–Kier alpha value is -0.0800. The molecule has 0 spiro atoms. The van der Waals surface area contributed by atoms with Crippen molar-refractivity contribution in [3.8, 4) is 0 Å². The molecule has 2 atom stereocenters. The second-order valence-corrected chi connectivity index (χ2v) is 7.55. The third-order valence-corrected chi connectivity index (χ3v) is 5.62. The SMILES string of the molecule is CCNC1C(CN(C)C2CCCCC2)CCC1(C)C. The van der Waals surface area contributed by atoms with Crippen molar-refractivity contribution >= 4 is 0 Å². The maximum absolute atomic E-state index is 3.77. The van der Waals surface area contributed by atoms with Crippen LogP contribution in [0.3, 0.4) is 0 Å². The van der Waals surface area contributed by atoms with Gasteiger partial charge in [0.05, 0.1) is 0 Å². The van der Waals surface area contributed by atoms with Crippen LogP contribution in [-0.2, 0) is 0 Å². The highest BCUT2D eigenvalue weighted by Crippen LogP contribution is 2.42. The molecule has 2 rings (SSSR count). The molecule has 0 amide bonds. The van der Waals surface area contributed by atoms with E-state index in [0.29, 0.717) is 11.5 Å². The minimum atomic E-state index is 0.480. The molecule has 2 unspecified atom stereocenters. The second kappa shape index (κ2) is 6.58. The van der Waals surface area contributed by atoms with Crippen LogP contribution in [0.15, 0.2) is 0 Å². The van der Waals surface area contributed by atoms with Crippen LogP contribution in [0.5, 0.6) is 0 Å². The van der Waals surface area contributed by atoms with Crippen LogP contribution in [0, 0.1) is 11.3 Å². The fraction of sp³-hybridized carbons (Fsp3) is 1.00. The van der Waals surface area contributed by atoms with E-state index in [0.717, 1.165) is 18.5 Å². The van der Waals surface area contributed by atoms with Crippen molar-refractivity contribution in [1.29, 1.82) is 0 Å². The molecular formula is C17H34N2. The summed E-state index contributed by atoms with van der Waals surface area (Å²) in [6, 6.07) is 1.57. The smallest absolute Gasteiger partial charge is 0.0159 e. The van der Waals surface area contributed by atoms with Crippen molar-refractivity contribution in [1.82, 2.24) is 10.2 Å². The summed E-state index contributed by atoms with van der Waals surface area (Å²) in [5.74, 6) is 0.849. The fourth-order valence-electron chi connectivity index (χ4n) is 4.42. The van der Waals surface area contributed by atoms with Gasteiger partial charge in [-0.15, -0.1) is 0 Å². The summed E-state index contributed by atoms with van der Waals surface area (Å²) >= 11 is 0. The molecule has 2 aliphatic carbocycles. The predicted octanol–water partition coefficient (Wildman–Crippen LogP) is 3.67. The molecular weight excluding hydrogens is 232 g/mol. The molecule has 2 saturated carbocycles. The predicted molar refractivity (Wildman–Crippen MR) is 83.5 cm³/mol. The van der Waals surface area contributed by atoms with E-state index in [2.05, 4.69) is 38.0 Å². The molecule has 2 nitrogen and oxygen atoms in total. The van der Waals surface area contributed by atoms with Gasteiger partial charge in [-0.25, -0.2) is 0 Å². The quantitative estimate of drug-likeness (QED) is 0.817. The van der Waals surface area contributed by atoms with Gasteiger partial charge >= 0.3 is 0 Å².